The zero-order valence-corrected chi connectivity index (χ0v) is 14.8. The third kappa shape index (κ3) is 3.86. The molecule has 0 radical (unpaired) electrons. The fraction of sp³-hybridized carbons (Fsp3) is 0.111. The summed E-state index contributed by atoms with van der Waals surface area (Å²) in [6.07, 6.45) is 5.25. The zero-order valence-electron chi connectivity index (χ0n) is 11.6. The van der Waals surface area contributed by atoms with E-state index >= 15 is 0 Å². The lowest BCUT2D eigenvalue weighted by atomic mass is 10.1. The molecule has 0 saturated heterocycles. The summed E-state index contributed by atoms with van der Waals surface area (Å²) in [6.45, 7) is 7.62. The molecular formula is C18H16Br2O. The van der Waals surface area contributed by atoms with Gasteiger partial charge >= 0.3 is 0 Å². The molecule has 0 aromatic heterocycles. The van der Waals surface area contributed by atoms with Crippen LogP contribution in [0.25, 0.3) is 0 Å². The summed E-state index contributed by atoms with van der Waals surface area (Å²) in [7, 11) is 0. The van der Waals surface area contributed by atoms with E-state index in [0.717, 1.165) is 44.4 Å². The van der Waals surface area contributed by atoms with Crippen LogP contribution in [0.1, 0.15) is 11.1 Å². The van der Waals surface area contributed by atoms with Gasteiger partial charge in [0.25, 0.3) is 0 Å². The molecule has 0 unspecified atom stereocenters. The Kier molecular flexibility index (Phi) is 5.83. The summed E-state index contributed by atoms with van der Waals surface area (Å²) < 4.78 is 8.21. The summed E-state index contributed by atoms with van der Waals surface area (Å²) >= 11 is 7.14. The van der Waals surface area contributed by atoms with Crippen LogP contribution in [0.4, 0.5) is 0 Å². The van der Waals surface area contributed by atoms with Gasteiger partial charge < -0.3 is 4.74 Å². The van der Waals surface area contributed by atoms with Crippen molar-refractivity contribution in [2.24, 2.45) is 0 Å². The molecule has 0 aliphatic carbocycles. The highest BCUT2D eigenvalue weighted by atomic mass is 79.9. The molecule has 0 aliphatic rings. The fourth-order valence-electron chi connectivity index (χ4n) is 2.07. The lowest BCUT2D eigenvalue weighted by Gasteiger charge is -2.15. The molecule has 108 valence electrons. The van der Waals surface area contributed by atoms with Gasteiger partial charge in [0.15, 0.2) is 0 Å². The summed E-state index contributed by atoms with van der Waals surface area (Å²) in [5.74, 6) is 1.68. The fourth-order valence-corrected chi connectivity index (χ4v) is 3.09. The molecule has 0 bridgehead atoms. The first-order valence-corrected chi connectivity index (χ1v) is 8.20. The Hall–Kier alpha value is -1.32. The smallest absolute Gasteiger partial charge is 0.132 e. The summed E-state index contributed by atoms with van der Waals surface area (Å²) in [6, 6.07) is 11.9. The zero-order chi connectivity index (χ0) is 15.2. The van der Waals surface area contributed by atoms with E-state index in [1.807, 2.05) is 48.6 Å². The molecule has 21 heavy (non-hydrogen) atoms. The number of halogens is 2. The van der Waals surface area contributed by atoms with Crippen molar-refractivity contribution in [3.63, 3.8) is 0 Å². The van der Waals surface area contributed by atoms with Crippen LogP contribution in [-0.2, 0) is 12.8 Å². The Morgan fingerprint density at radius 2 is 1.24 bits per heavy atom. The second-order valence-corrected chi connectivity index (χ2v) is 6.23. The molecule has 2 rings (SSSR count). The Morgan fingerprint density at radius 3 is 1.62 bits per heavy atom. The van der Waals surface area contributed by atoms with Crippen molar-refractivity contribution in [2.45, 2.75) is 12.8 Å². The van der Waals surface area contributed by atoms with E-state index in [2.05, 4.69) is 45.0 Å². The molecule has 0 N–H and O–H groups in total. The van der Waals surface area contributed by atoms with Crippen LogP contribution >= 0.6 is 31.9 Å². The van der Waals surface area contributed by atoms with Crippen molar-refractivity contribution >= 4 is 31.9 Å². The van der Waals surface area contributed by atoms with Gasteiger partial charge in [-0.3, -0.25) is 0 Å². The third-order valence-corrected chi connectivity index (χ3v) is 4.55. The number of ether oxygens (including phenoxy) is 1. The lowest BCUT2D eigenvalue weighted by molar-refractivity contribution is 0.472. The van der Waals surface area contributed by atoms with E-state index in [1.165, 1.54) is 0 Å². The van der Waals surface area contributed by atoms with Gasteiger partial charge in [-0.15, -0.1) is 13.2 Å². The van der Waals surface area contributed by atoms with Gasteiger partial charge in [0.1, 0.15) is 11.5 Å². The summed E-state index contributed by atoms with van der Waals surface area (Å²) in [5, 5.41) is 0. The second kappa shape index (κ2) is 7.62. The predicted molar refractivity (Wildman–Crippen MR) is 96.2 cm³/mol. The van der Waals surface area contributed by atoms with Crippen LogP contribution < -0.4 is 4.74 Å². The maximum absolute atomic E-state index is 6.15. The Labute approximate surface area is 142 Å². The first kappa shape index (κ1) is 16.1. The highest BCUT2D eigenvalue weighted by Gasteiger charge is 2.11. The number of benzene rings is 2. The first-order chi connectivity index (χ1) is 10.2. The van der Waals surface area contributed by atoms with E-state index in [4.69, 9.17) is 4.74 Å². The van der Waals surface area contributed by atoms with Gasteiger partial charge in [0.05, 0.1) is 0 Å². The van der Waals surface area contributed by atoms with Crippen molar-refractivity contribution in [1.82, 2.24) is 0 Å². The summed E-state index contributed by atoms with van der Waals surface area (Å²) in [4.78, 5) is 0. The molecule has 0 saturated carbocycles. The largest absolute Gasteiger partial charge is 0.457 e. The molecule has 0 amide bonds. The standard InChI is InChI=1S/C18H16Br2O/c1-3-7-13-15(19)9-5-11-17(13)21-18-12-6-10-16(20)14(18)8-4-2/h3-6,9-12H,1-2,7-8H2. The second-order valence-electron chi connectivity index (χ2n) is 4.52. The van der Waals surface area contributed by atoms with E-state index in [9.17, 15) is 0 Å². The van der Waals surface area contributed by atoms with Crippen molar-refractivity contribution in [2.75, 3.05) is 0 Å². The van der Waals surface area contributed by atoms with Gasteiger partial charge in [0.2, 0.25) is 0 Å². The van der Waals surface area contributed by atoms with E-state index in [0.29, 0.717) is 0 Å². The van der Waals surface area contributed by atoms with Crippen LogP contribution in [-0.4, -0.2) is 0 Å². The van der Waals surface area contributed by atoms with Crippen LogP contribution in [0.5, 0.6) is 11.5 Å². The maximum Gasteiger partial charge on any atom is 0.132 e. The van der Waals surface area contributed by atoms with Crippen molar-refractivity contribution in [3.8, 4) is 11.5 Å². The molecule has 0 heterocycles. The van der Waals surface area contributed by atoms with Crippen molar-refractivity contribution in [1.29, 1.82) is 0 Å². The number of hydrogen-bond donors (Lipinski definition) is 0. The topological polar surface area (TPSA) is 9.23 Å². The minimum atomic E-state index is 0.752. The number of allylic oxidation sites excluding steroid dienone is 2. The van der Waals surface area contributed by atoms with E-state index in [-0.39, 0.29) is 0 Å². The van der Waals surface area contributed by atoms with Crippen LogP contribution in [0, 0.1) is 0 Å². The molecule has 0 aliphatic heterocycles. The Morgan fingerprint density at radius 1 is 0.810 bits per heavy atom. The van der Waals surface area contributed by atoms with Crippen LogP contribution in [0.15, 0.2) is 70.7 Å². The molecule has 1 nitrogen and oxygen atoms in total. The van der Waals surface area contributed by atoms with Gasteiger partial charge in [0, 0.05) is 20.1 Å². The third-order valence-electron chi connectivity index (χ3n) is 3.07. The normalized spacial score (nSPS) is 10.2. The van der Waals surface area contributed by atoms with Gasteiger partial charge in [-0.2, -0.15) is 0 Å². The predicted octanol–water partition coefficient (Wildman–Crippen LogP) is 6.46. The lowest BCUT2D eigenvalue weighted by Crippen LogP contribution is -1.96. The molecule has 0 atom stereocenters. The molecule has 2 aromatic rings. The average Bonchev–Trinajstić information content (AvgIpc) is 2.46. The van der Waals surface area contributed by atoms with Crippen LogP contribution in [0.3, 0.4) is 0 Å². The maximum atomic E-state index is 6.15. The highest BCUT2D eigenvalue weighted by molar-refractivity contribution is 9.10. The summed E-state index contributed by atoms with van der Waals surface area (Å²) in [5.41, 5.74) is 2.19. The molecule has 0 spiro atoms. The SMILES string of the molecule is C=CCc1c(Br)cccc1Oc1cccc(Br)c1CC=C. The quantitative estimate of drug-likeness (QED) is 0.499. The monoisotopic (exact) mass is 406 g/mol. The first-order valence-electron chi connectivity index (χ1n) is 6.61. The Bertz CT molecular complexity index is 605. The van der Waals surface area contributed by atoms with Crippen molar-refractivity contribution < 1.29 is 4.74 Å². The Balaban J connectivity index is 2.43. The van der Waals surface area contributed by atoms with E-state index < -0.39 is 0 Å². The minimum Gasteiger partial charge on any atom is -0.457 e. The molecular weight excluding hydrogens is 392 g/mol. The van der Waals surface area contributed by atoms with E-state index in [1.54, 1.807) is 0 Å². The molecule has 3 heteroatoms. The van der Waals surface area contributed by atoms with Crippen LogP contribution in [0.2, 0.25) is 0 Å². The van der Waals surface area contributed by atoms with Gasteiger partial charge in [-0.25, -0.2) is 0 Å². The molecule has 2 aromatic carbocycles. The number of rotatable bonds is 6. The number of hydrogen-bond acceptors (Lipinski definition) is 1. The average molecular weight is 408 g/mol. The molecule has 0 fully saturated rings. The van der Waals surface area contributed by atoms with Crippen molar-refractivity contribution in [3.05, 3.63) is 81.8 Å². The highest BCUT2D eigenvalue weighted by Crippen LogP contribution is 2.35. The van der Waals surface area contributed by atoms with Gasteiger partial charge in [-0.1, -0.05) is 56.1 Å². The van der Waals surface area contributed by atoms with Gasteiger partial charge in [-0.05, 0) is 37.1 Å². The minimum absolute atomic E-state index is 0.752.